The Morgan fingerprint density at radius 3 is 2.69 bits per heavy atom. The maximum Gasteiger partial charge on any atom is 0.224 e. The molecular formula is C18H30N6O2. The first-order valence-corrected chi connectivity index (χ1v) is 9.50. The van der Waals surface area contributed by atoms with E-state index in [2.05, 4.69) is 34.1 Å². The second-order valence-electron chi connectivity index (χ2n) is 7.55. The first-order valence-electron chi connectivity index (χ1n) is 9.50. The summed E-state index contributed by atoms with van der Waals surface area (Å²) in [6.07, 6.45) is 6.70. The van der Waals surface area contributed by atoms with Crippen molar-refractivity contribution in [3.05, 3.63) is 6.33 Å². The van der Waals surface area contributed by atoms with Crippen molar-refractivity contribution in [2.45, 2.75) is 71.2 Å². The van der Waals surface area contributed by atoms with Crippen LogP contribution in [0.25, 0.3) is 11.2 Å². The van der Waals surface area contributed by atoms with E-state index < -0.39 is 0 Å². The number of hydrogen-bond acceptors (Lipinski definition) is 7. The Balaban J connectivity index is 1.83. The molecule has 1 aliphatic carbocycles. The normalized spacial score (nSPS) is 17.9. The van der Waals surface area contributed by atoms with Gasteiger partial charge in [-0.2, -0.15) is 9.97 Å². The number of nitrogens with two attached hydrogens (primary N) is 1. The van der Waals surface area contributed by atoms with Crippen molar-refractivity contribution >= 4 is 22.9 Å². The highest BCUT2D eigenvalue weighted by Crippen LogP contribution is 2.27. The molecular weight excluding hydrogens is 332 g/mol. The Kier molecular flexibility index (Phi) is 5.93. The van der Waals surface area contributed by atoms with E-state index in [1.54, 1.807) is 6.33 Å². The van der Waals surface area contributed by atoms with Crippen LogP contribution < -0.4 is 11.1 Å². The van der Waals surface area contributed by atoms with Crippen molar-refractivity contribution in [3.8, 4) is 0 Å². The molecule has 0 saturated heterocycles. The van der Waals surface area contributed by atoms with Gasteiger partial charge in [0.1, 0.15) is 6.23 Å². The van der Waals surface area contributed by atoms with Gasteiger partial charge in [0.25, 0.3) is 0 Å². The summed E-state index contributed by atoms with van der Waals surface area (Å²) in [5.74, 6) is 1.35. The zero-order valence-electron chi connectivity index (χ0n) is 15.9. The highest BCUT2D eigenvalue weighted by Gasteiger charge is 2.22. The summed E-state index contributed by atoms with van der Waals surface area (Å²) in [5.41, 5.74) is 7.28. The summed E-state index contributed by atoms with van der Waals surface area (Å²) in [4.78, 5) is 13.2. The number of hydrogen-bond donors (Lipinski definition) is 3. The van der Waals surface area contributed by atoms with E-state index in [4.69, 9.17) is 10.5 Å². The van der Waals surface area contributed by atoms with E-state index in [1.807, 2.05) is 11.5 Å². The van der Waals surface area contributed by atoms with Gasteiger partial charge in [0.05, 0.1) is 19.0 Å². The molecule has 2 aromatic heterocycles. The van der Waals surface area contributed by atoms with E-state index in [9.17, 15) is 5.11 Å². The number of rotatable bonds is 8. The molecule has 8 nitrogen and oxygen atoms in total. The lowest BCUT2D eigenvalue weighted by molar-refractivity contribution is -0.0713. The van der Waals surface area contributed by atoms with Crippen LogP contribution in [-0.2, 0) is 4.74 Å². The standard InChI is InChI=1S/C18H30N6O2/c1-11(2)8-14(9-25)26-12(3)24-10-20-15-16(21-13-6-4-5-7-13)22-18(19)23-17(15)24/h10-14,25H,4-9H2,1-3H3,(H3,19,21,22,23)/t12-,14+/m1/s1. The molecule has 0 spiro atoms. The van der Waals surface area contributed by atoms with Crippen molar-refractivity contribution in [1.29, 1.82) is 0 Å². The fourth-order valence-corrected chi connectivity index (χ4v) is 3.61. The molecule has 2 atom stereocenters. The quantitative estimate of drug-likeness (QED) is 0.662. The third kappa shape index (κ3) is 4.24. The van der Waals surface area contributed by atoms with Crippen molar-refractivity contribution in [2.75, 3.05) is 17.7 Å². The molecule has 0 bridgehead atoms. The number of nitrogen functional groups attached to an aromatic ring is 1. The minimum atomic E-state index is -0.315. The maximum absolute atomic E-state index is 9.58. The molecule has 26 heavy (non-hydrogen) atoms. The number of nitrogens with zero attached hydrogens (tertiary/aromatic N) is 4. The molecule has 1 fully saturated rings. The Labute approximate surface area is 154 Å². The largest absolute Gasteiger partial charge is 0.394 e. The summed E-state index contributed by atoms with van der Waals surface area (Å²) in [5, 5.41) is 13.0. The second kappa shape index (κ2) is 8.18. The topological polar surface area (TPSA) is 111 Å². The van der Waals surface area contributed by atoms with Crippen LogP contribution in [0.1, 0.15) is 59.1 Å². The monoisotopic (exact) mass is 362 g/mol. The van der Waals surface area contributed by atoms with Gasteiger partial charge in [-0.15, -0.1) is 0 Å². The number of anilines is 2. The average molecular weight is 362 g/mol. The lowest BCUT2D eigenvalue weighted by atomic mass is 10.1. The zero-order chi connectivity index (χ0) is 18.7. The molecule has 0 aliphatic heterocycles. The predicted molar refractivity (Wildman–Crippen MR) is 102 cm³/mol. The van der Waals surface area contributed by atoms with Gasteiger partial charge in [-0.3, -0.25) is 4.57 Å². The average Bonchev–Trinajstić information content (AvgIpc) is 3.23. The fraction of sp³-hybridized carbons (Fsp3) is 0.722. The van der Waals surface area contributed by atoms with Gasteiger partial charge in [-0.25, -0.2) is 4.98 Å². The third-order valence-electron chi connectivity index (χ3n) is 4.85. The molecule has 8 heteroatoms. The molecule has 144 valence electrons. The maximum atomic E-state index is 9.58. The van der Waals surface area contributed by atoms with Crippen LogP contribution in [0, 0.1) is 5.92 Å². The Morgan fingerprint density at radius 1 is 1.31 bits per heavy atom. The van der Waals surface area contributed by atoms with Gasteiger partial charge in [-0.05, 0) is 32.1 Å². The van der Waals surface area contributed by atoms with Gasteiger partial charge in [0.2, 0.25) is 5.95 Å². The number of aliphatic hydroxyl groups excluding tert-OH is 1. The number of aromatic nitrogens is 4. The van der Waals surface area contributed by atoms with E-state index in [0.717, 1.165) is 19.3 Å². The summed E-state index contributed by atoms with van der Waals surface area (Å²) >= 11 is 0. The summed E-state index contributed by atoms with van der Waals surface area (Å²) < 4.78 is 7.87. The lowest BCUT2D eigenvalue weighted by Crippen LogP contribution is -2.24. The minimum absolute atomic E-state index is 0.0131. The molecule has 0 amide bonds. The number of fused-ring (bicyclic) bond motifs is 1. The number of nitrogens with one attached hydrogen (secondary N) is 1. The summed E-state index contributed by atoms with van der Waals surface area (Å²) in [6, 6.07) is 0.413. The molecule has 1 saturated carbocycles. The Bertz CT molecular complexity index is 726. The first-order chi connectivity index (χ1) is 12.5. The van der Waals surface area contributed by atoms with Gasteiger partial charge in [-0.1, -0.05) is 26.7 Å². The predicted octanol–water partition coefficient (Wildman–Crippen LogP) is 2.71. The Morgan fingerprint density at radius 2 is 2.04 bits per heavy atom. The van der Waals surface area contributed by atoms with Crippen LogP contribution in [0.3, 0.4) is 0 Å². The lowest BCUT2D eigenvalue weighted by Gasteiger charge is -2.23. The van der Waals surface area contributed by atoms with Crippen molar-refractivity contribution < 1.29 is 9.84 Å². The van der Waals surface area contributed by atoms with E-state index >= 15 is 0 Å². The number of aliphatic hydroxyl groups is 1. The van der Waals surface area contributed by atoms with Gasteiger partial charge in [0.15, 0.2) is 17.0 Å². The molecule has 3 rings (SSSR count). The number of imidazole rings is 1. The molecule has 0 radical (unpaired) electrons. The van der Waals surface area contributed by atoms with Crippen LogP contribution >= 0.6 is 0 Å². The van der Waals surface area contributed by atoms with Gasteiger partial charge >= 0.3 is 0 Å². The minimum Gasteiger partial charge on any atom is -0.394 e. The van der Waals surface area contributed by atoms with E-state index in [1.165, 1.54) is 12.8 Å². The van der Waals surface area contributed by atoms with Crippen LogP contribution in [0.4, 0.5) is 11.8 Å². The van der Waals surface area contributed by atoms with E-state index in [-0.39, 0.29) is 24.9 Å². The molecule has 2 heterocycles. The molecule has 2 aromatic rings. The summed E-state index contributed by atoms with van der Waals surface area (Å²) in [6.45, 7) is 6.13. The van der Waals surface area contributed by atoms with Crippen LogP contribution in [0.2, 0.25) is 0 Å². The fourth-order valence-electron chi connectivity index (χ4n) is 3.61. The SMILES string of the molecule is CC(C)C[C@@H](CO)O[C@H](C)n1cnc2c(NC3CCCC3)nc(N)nc21. The van der Waals surface area contributed by atoms with Crippen LogP contribution in [0.15, 0.2) is 6.33 Å². The highest BCUT2D eigenvalue weighted by atomic mass is 16.5. The van der Waals surface area contributed by atoms with Crippen LogP contribution in [-0.4, -0.2) is 43.4 Å². The molecule has 4 N–H and O–H groups in total. The van der Waals surface area contributed by atoms with Crippen molar-refractivity contribution in [2.24, 2.45) is 5.92 Å². The van der Waals surface area contributed by atoms with Crippen LogP contribution in [0.5, 0.6) is 0 Å². The number of ether oxygens (including phenoxy) is 1. The highest BCUT2D eigenvalue weighted by molar-refractivity contribution is 5.84. The zero-order valence-corrected chi connectivity index (χ0v) is 15.9. The first kappa shape index (κ1) is 18.8. The van der Waals surface area contributed by atoms with Gasteiger partial charge < -0.3 is 20.9 Å². The smallest absolute Gasteiger partial charge is 0.224 e. The Hall–Kier alpha value is -1.93. The second-order valence-corrected chi connectivity index (χ2v) is 7.55. The summed E-state index contributed by atoms with van der Waals surface area (Å²) in [7, 11) is 0. The van der Waals surface area contributed by atoms with Gasteiger partial charge in [0, 0.05) is 6.04 Å². The van der Waals surface area contributed by atoms with Crippen molar-refractivity contribution in [1.82, 2.24) is 19.5 Å². The molecule has 1 aliphatic rings. The molecule has 0 aromatic carbocycles. The molecule has 0 unspecified atom stereocenters. The third-order valence-corrected chi connectivity index (χ3v) is 4.85. The van der Waals surface area contributed by atoms with E-state index in [0.29, 0.717) is 28.9 Å². The van der Waals surface area contributed by atoms with Crippen molar-refractivity contribution in [3.63, 3.8) is 0 Å².